The van der Waals surface area contributed by atoms with E-state index < -0.39 is 5.97 Å². The number of rotatable bonds is 5. The van der Waals surface area contributed by atoms with Gasteiger partial charge in [0.25, 0.3) is 0 Å². The lowest BCUT2D eigenvalue weighted by molar-refractivity contribution is 0.0697. The SMILES string of the molecule is CCC(CC)C1CCN(c2ccc(C#N)cc2C(=O)O)CC1. The molecule has 0 aromatic heterocycles. The summed E-state index contributed by atoms with van der Waals surface area (Å²) in [6, 6.07) is 6.96. The maximum absolute atomic E-state index is 11.5. The number of piperidine rings is 1. The molecular formula is C18H24N2O2. The first kappa shape index (κ1) is 16.4. The van der Waals surface area contributed by atoms with Crippen LogP contribution < -0.4 is 4.90 Å². The fraction of sp³-hybridized carbons (Fsp3) is 0.556. The molecule has 1 fully saturated rings. The first-order valence-corrected chi connectivity index (χ1v) is 8.13. The fourth-order valence-corrected chi connectivity index (χ4v) is 3.62. The number of aromatic carboxylic acids is 1. The quantitative estimate of drug-likeness (QED) is 0.895. The van der Waals surface area contributed by atoms with Crippen molar-refractivity contribution >= 4 is 11.7 Å². The number of anilines is 1. The summed E-state index contributed by atoms with van der Waals surface area (Å²) in [4.78, 5) is 13.6. The maximum atomic E-state index is 11.5. The van der Waals surface area contributed by atoms with Crippen molar-refractivity contribution in [1.82, 2.24) is 0 Å². The molecule has 1 aliphatic rings. The maximum Gasteiger partial charge on any atom is 0.337 e. The van der Waals surface area contributed by atoms with Crippen molar-refractivity contribution in [2.75, 3.05) is 18.0 Å². The number of carboxylic acid groups (broad SMARTS) is 1. The third kappa shape index (κ3) is 3.41. The molecule has 1 saturated heterocycles. The Balaban J connectivity index is 2.15. The van der Waals surface area contributed by atoms with E-state index in [1.165, 1.54) is 18.9 Å². The van der Waals surface area contributed by atoms with Gasteiger partial charge in [0.1, 0.15) is 0 Å². The highest BCUT2D eigenvalue weighted by atomic mass is 16.4. The number of nitrogens with zero attached hydrogens (tertiary/aromatic N) is 2. The molecule has 1 aromatic carbocycles. The molecule has 0 spiro atoms. The van der Waals surface area contributed by atoms with Crippen molar-refractivity contribution in [2.24, 2.45) is 11.8 Å². The van der Waals surface area contributed by atoms with Gasteiger partial charge in [-0.05, 0) is 42.9 Å². The highest BCUT2D eigenvalue weighted by Gasteiger charge is 2.26. The molecule has 0 aliphatic carbocycles. The lowest BCUT2D eigenvalue weighted by Crippen LogP contribution is -2.36. The fourth-order valence-electron chi connectivity index (χ4n) is 3.62. The van der Waals surface area contributed by atoms with E-state index in [2.05, 4.69) is 18.7 Å². The Kier molecular flexibility index (Phi) is 5.43. The summed E-state index contributed by atoms with van der Waals surface area (Å²) in [6.07, 6.45) is 4.67. The van der Waals surface area contributed by atoms with Gasteiger partial charge in [-0.2, -0.15) is 5.26 Å². The van der Waals surface area contributed by atoms with Crippen LogP contribution in [0.5, 0.6) is 0 Å². The Morgan fingerprint density at radius 3 is 2.50 bits per heavy atom. The van der Waals surface area contributed by atoms with E-state index in [4.69, 9.17) is 5.26 Å². The van der Waals surface area contributed by atoms with Crippen molar-refractivity contribution in [3.63, 3.8) is 0 Å². The average molecular weight is 300 g/mol. The van der Waals surface area contributed by atoms with Crippen molar-refractivity contribution in [3.8, 4) is 6.07 Å². The van der Waals surface area contributed by atoms with Crippen LogP contribution in [0.1, 0.15) is 55.5 Å². The molecule has 22 heavy (non-hydrogen) atoms. The molecule has 1 aromatic rings. The highest BCUT2D eigenvalue weighted by molar-refractivity contribution is 5.95. The second kappa shape index (κ2) is 7.31. The molecular weight excluding hydrogens is 276 g/mol. The van der Waals surface area contributed by atoms with E-state index in [0.29, 0.717) is 5.56 Å². The van der Waals surface area contributed by atoms with Crippen LogP contribution in [0.25, 0.3) is 0 Å². The minimum atomic E-state index is -0.964. The molecule has 4 heteroatoms. The highest BCUT2D eigenvalue weighted by Crippen LogP contribution is 2.32. The minimum absolute atomic E-state index is 0.236. The van der Waals surface area contributed by atoms with Gasteiger partial charge in [0, 0.05) is 13.1 Å². The van der Waals surface area contributed by atoms with E-state index in [1.807, 2.05) is 6.07 Å². The topological polar surface area (TPSA) is 64.3 Å². The van der Waals surface area contributed by atoms with Crippen LogP contribution in [-0.2, 0) is 0 Å². The third-order valence-corrected chi connectivity index (χ3v) is 4.95. The summed E-state index contributed by atoms with van der Waals surface area (Å²) < 4.78 is 0. The molecule has 1 heterocycles. The first-order chi connectivity index (χ1) is 10.6. The number of hydrogen-bond donors (Lipinski definition) is 1. The largest absolute Gasteiger partial charge is 0.478 e. The Hall–Kier alpha value is -2.02. The van der Waals surface area contributed by atoms with Gasteiger partial charge in [-0.1, -0.05) is 26.7 Å². The summed E-state index contributed by atoms with van der Waals surface area (Å²) >= 11 is 0. The normalized spacial score (nSPS) is 15.8. The van der Waals surface area contributed by atoms with Crippen molar-refractivity contribution in [2.45, 2.75) is 39.5 Å². The van der Waals surface area contributed by atoms with Crippen LogP contribution in [0, 0.1) is 23.2 Å². The summed E-state index contributed by atoms with van der Waals surface area (Å²) in [5.74, 6) is 0.564. The van der Waals surface area contributed by atoms with Gasteiger partial charge in [-0.3, -0.25) is 0 Å². The van der Waals surface area contributed by atoms with E-state index >= 15 is 0 Å². The molecule has 0 radical (unpaired) electrons. The van der Waals surface area contributed by atoms with Gasteiger partial charge in [0.05, 0.1) is 22.9 Å². The molecule has 2 rings (SSSR count). The summed E-state index contributed by atoms with van der Waals surface area (Å²) in [5, 5.41) is 18.3. The standard InChI is InChI=1S/C18H24N2O2/c1-3-14(4-2)15-7-9-20(10-8-15)17-6-5-13(12-19)11-16(17)18(21)22/h5-6,11,14-15H,3-4,7-10H2,1-2H3,(H,21,22). The molecule has 1 N–H and O–H groups in total. The monoisotopic (exact) mass is 300 g/mol. The average Bonchev–Trinajstić information content (AvgIpc) is 2.56. The smallest absolute Gasteiger partial charge is 0.337 e. The molecule has 0 saturated carbocycles. The number of benzene rings is 1. The molecule has 0 amide bonds. The Morgan fingerprint density at radius 1 is 1.36 bits per heavy atom. The van der Waals surface area contributed by atoms with Crippen LogP contribution in [0.2, 0.25) is 0 Å². The van der Waals surface area contributed by atoms with E-state index in [1.54, 1.807) is 12.1 Å². The zero-order valence-corrected chi connectivity index (χ0v) is 13.4. The van der Waals surface area contributed by atoms with Gasteiger partial charge in [-0.15, -0.1) is 0 Å². The van der Waals surface area contributed by atoms with Crippen LogP contribution in [0.15, 0.2) is 18.2 Å². The Bertz CT molecular complexity index is 565. The van der Waals surface area contributed by atoms with E-state index in [9.17, 15) is 9.90 Å². The zero-order chi connectivity index (χ0) is 16.1. The number of nitriles is 1. The van der Waals surface area contributed by atoms with Crippen LogP contribution in [0.3, 0.4) is 0 Å². The van der Waals surface area contributed by atoms with E-state index in [-0.39, 0.29) is 5.56 Å². The van der Waals surface area contributed by atoms with E-state index in [0.717, 1.165) is 43.5 Å². The molecule has 1 aliphatic heterocycles. The van der Waals surface area contributed by atoms with Crippen molar-refractivity contribution in [3.05, 3.63) is 29.3 Å². The Labute approximate surface area is 132 Å². The van der Waals surface area contributed by atoms with Crippen LogP contribution in [0.4, 0.5) is 5.69 Å². The third-order valence-electron chi connectivity index (χ3n) is 4.95. The van der Waals surface area contributed by atoms with Crippen LogP contribution in [-0.4, -0.2) is 24.2 Å². The summed E-state index contributed by atoms with van der Waals surface area (Å²) in [7, 11) is 0. The van der Waals surface area contributed by atoms with Crippen molar-refractivity contribution < 1.29 is 9.90 Å². The van der Waals surface area contributed by atoms with Gasteiger partial charge >= 0.3 is 5.97 Å². The molecule has 0 bridgehead atoms. The van der Waals surface area contributed by atoms with Gasteiger partial charge < -0.3 is 10.0 Å². The minimum Gasteiger partial charge on any atom is -0.478 e. The Morgan fingerprint density at radius 2 is 2.00 bits per heavy atom. The first-order valence-electron chi connectivity index (χ1n) is 8.13. The number of carboxylic acids is 1. The van der Waals surface area contributed by atoms with Gasteiger partial charge in [0.2, 0.25) is 0 Å². The predicted octanol–water partition coefficient (Wildman–Crippen LogP) is 3.91. The zero-order valence-electron chi connectivity index (χ0n) is 13.4. The predicted molar refractivity (Wildman–Crippen MR) is 87.1 cm³/mol. The van der Waals surface area contributed by atoms with Gasteiger partial charge in [0.15, 0.2) is 0 Å². The summed E-state index contributed by atoms with van der Waals surface area (Å²) in [5.41, 5.74) is 1.38. The summed E-state index contributed by atoms with van der Waals surface area (Å²) in [6.45, 7) is 6.30. The number of hydrogen-bond acceptors (Lipinski definition) is 3. The van der Waals surface area contributed by atoms with Crippen LogP contribution >= 0.6 is 0 Å². The molecule has 4 nitrogen and oxygen atoms in total. The number of carbonyl (C=O) groups is 1. The second-order valence-corrected chi connectivity index (χ2v) is 6.05. The molecule has 0 atom stereocenters. The van der Waals surface area contributed by atoms with Crippen molar-refractivity contribution in [1.29, 1.82) is 5.26 Å². The molecule has 0 unspecified atom stereocenters. The second-order valence-electron chi connectivity index (χ2n) is 6.05. The lowest BCUT2D eigenvalue weighted by Gasteiger charge is -2.37. The van der Waals surface area contributed by atoms with Gasteiger partial charge in [-0.25, -0.2) is 4.79 Å². The molecule has 118 valence electrons. The lowest BCUT2D eigenvalue weighted by atomic mass is 9.81.